The van der Waals surface area contributed by atoms with Gasteiger partial charge in [-0.3, -0.25) is 0 Å². The normalized spacial score (nSPS) is 10.8. The van der Waals surface area contributed by atoms with E-state index in [0.717, 1.165) is 10.0 Å². The third kappa shape index (κ3) is 7.10. The molecule has 0 atom stereocenters. The lowest BCUT2D eigenvalue weighted by Crippen LogP contribution is -2.20. The van der Waals surface area contributed by atoms with E-state index in [1.165, 1.54) is 6.07 Å². The minimum absolute atomic E-state index is 0.0268. The molecule has 0 fully saturated rings. The van der Waals surface area contributed by atoms with Crippen molar-refractivity contribution in [3.8, 4) is 11.5 Å². The molecule has 0 amide bonds. The van der Waals surface area contributed by atoms with Crippen LogP contribution < -0.4 is 14.8 Å². The fraction of sp³-hybridized carbons (Fsp3) is 0.400. The molecule has 0 aromatic heterocycles. The maximum atomic E-state index is 13.8. The van der Waals surface area contributed by atoms with Crippen molar-refractivity contribution < 1.29 is 23.7 Å². The number of rotatable bonds is 12. The largest absolute Gasteiger partial charge is 0.490 e. The van der Waals surface area contributed by atoms with Gasteiger partial charge in [0.1, 0.15) is 12.4 Å². The Morgan fingerprint density at radius 1 is 1.15 bits per heavy atom. The van der Waals surface area contributed by atoms with Gasteiger partial charge in [0.2, 0.25) is 0 Å². The van der Waals surface area contributed by atoms with Gasteiger partial charge in [0.15, 0.2) is 11.5 Å². The lowest BCUT2D eigenvalue weighted by Gasteiger charge is -2.16. The van der Waals surface area contributed by atoms with Crippen molar-refractivity contribution in [2.45, 2.75) is 20.1 Å². The molecular weight excluding hydrogens is 417 g/mol. The molecule has 27 heavy (non-hydrogen) atoms. The summed E-state index contributed by atoms with van der Waals surface area (Å²) in [6.07, 6.45) is 0. The standard InChI is InChI=1S/C20H25BrFNO4/c1-2-26-19-12-15(13-23-7-9-25-10-8-24)11-17(21)20(19)27-14-16-5-3-4-6-18(16)22/h3-6,11-12,23-24H,2,7-10,13-14H2,1H3. The summed E-state index contributed by atoms with van der Waals surface area (Å²) in [5.74, 6) is 0.863. The van der Waals surface area contributed by atoms with Gasteiger partial charge in [0, 0.05) is 18.7 Å². The Labute approximate surface area is 167 Å². The van der Waals surface area contributed by atoms with Gasteiger partial charge in [0.25, 0.3) is 0 Å². The monoisotopic (exact) mass is 441 g/mol. The zero-order valence-electron chi connectivity index (χ0n) is 15.3. The minimum Gasteiger partial charge on any atom is -0.490 e. The number of ether oxygens (including phenoxy) is 3. The van der Waals surface area contributed by atoms with Gasteiger partial charge < -0.3 is 24.6 Å². The van der Waals surface area contributed by atoms with Crippen molar-refractivity contribution in [3.05, 3.63) is 57.8 Å². The molecule has 148 valence electrons. The molecule has 2 rings (SSSR count). The second kappa shape index (κ2) is 11.9. The Morgan fingerprint density at radius 2 is 1.96 bits per heavy atom. The van der Waals surface area contributed by atoms with Gasteiger partial charge in [-0.15, -0.1) is 0 Å². The fourth-order valence-electron chi connectivity index (χ4n) is 2.44. The Hall–Kier alpha value is -1.67. The van der Waals surface area contributed by atoms with E-state index in [0.29, 0.717) is 50.0 Å². The van der Waals surface area contributed by atoms with Gasteiger partial charge in [0.05, 0.1) is 30.9 Å². The molecule has 0 saturated carbocycles. The van der Waals surface area contributed by atoms with Crippen LogP contribution in [0.2, 0.25) is 0 Å². The van der Waals surface area contributed by atoms with Gasteiger partial charge >= 0.3 is 0 Å². The maximum absolute atomic E-state index is 13.8. The molecule has 0 unspecified atom stereocenters. The average molecular weight is 442 g/mol. The van der Waals surface area contributed by atoms with E-state index < -0.39 is 0 Å². The number of aliphatic hydroxyl groups excluding tert-OH is 1. The Bertz CT molecular complexity index is 714. The summed E-state index contributed by atoms with van der Waals surface area (Å²) in [6.45, 7) is 4.72. The van der Waals surface area contributed by atoms with Gasteiger partial charge in [-0.25, -0.2) is 4.39 Å². The van der Waals surface area contributed by atoms with Crippen molar-refractivity contribution in [2.24, 2.45) is 0 Å². The lowest BCUT2D eigenvalue weighted by atomic mass is 10.2. The van der Waals surface area contributed by atoms with Crippen molar-refractivity contribution in [2.75, 3.05) is 33.0 Å². The summed E-state index contributed by atoms with van der Waals surface area (Å²) in [5, 5.41) is 11.9. The first-order valence-corrected chi connectivity index (χ1v) is 9.65. The maximum Gasteiger partial charge on any atom is 0.175 e. The quantitative estimate of drug-likeness (QED) is 0.492. The summed E-state index contributed by atoms with van der Waals surface area (Å²) < 4.78 is 31.3. The van der Waals surface area contributed by atoms with E-state index in [9.17, 15) is 4.39 Å². The number of halogens is 2. The predicted octanol–water partition coefficient (Wildman–Crippen LogP) is 3.66. The van der Waals surface area contributed by atoms with Crippen LogP contribution in [-0.2, 0) is 17.9 Å². The van der Waals surface area contributed by atoms with E-state index >= 15 is 0 Å². The smallest absolute Gasteiger partial charge is 0.175 e. The molecule has 0 aliphatic rings. The molecule has 0 radical (unpaired) electrons. The summed E-state index contributed by atoms with van der Waals surface area (Å²) in [6, 6.07) is 10.4. The first-order valence-electron chi connectivity index (χ1n) is 8.86. The van der Waals surface area contributed by atoms with Crippen LogP contribution >= 0.6 is 15.9 Å². The zero-order chi connectivity index (χ0) is 19.5. The van der Waals surface area contributed by atoms with Crippen LogP contribution in [0.3, 0.4) is 0 Å². The molecule has 0 heterocycles. The van der Waals surface area contributed by atoms with E-state index in [2.05, 4.69) is 21.2 Å². The molecule has 5 nitrogen and oxygen atoms in total. The topological polar surface area (TPSA) is 60.0 Å². The highest BCUT2D eigenvalue weighted by atomic mass is 79.9. The second-order valence-electron chi connectivity index (χ2n) is 5.73. The second-order valence-corrected chi connectivity index (χ2v) is 6.59. The number of aliphatic hydroxyl groups is 1. The number of nitrogens with one attached hydrogen (secondary N) is 1. The predicted molar refractivity (Wildman–Crippen MR) is 106 cm³/mol. The zero-order valence-corrected chi connectivity index (χ0v) is 16.9. The highest BCUT2D eigenvalue weighted by molar-refractivity contribution is 9.10. The molecular formula is C20H25BrFNO4. The first kappa shape index (κ1) is 21.6. The van der Waals surface area contributed by atoms with E-state index in [4.69, 9.17) is 19.3 Å². The van der Waals surface area contributed by atoms with Crippen LogP contribution in [-0.4, -0.2) is 38.1 Å². The molecule has 0 aliphatic carbocycles. The summed E-state index contributed by atoms with van der Waals surface area (Å²) in [4.78, 5) is 0. The SMILES string of the molecule is CCOc1cc(CNCCOCCO)cc(Br)c1OCc1ccccc1F. The fourth-order valence-corrected chi connectivity index (χ4v) is 3.04. The minimum atomic E-state index is -0.296. The molecule has 2 aromatic carbocycles. The number of hydrogen-bond acceptors (Lipinski definition) is 5. The Kier molecular flexibility index (Phi) is 9.55. The van der Waals surface area contributed by atoms with Gasteiger partial charge in [-0.05, 0) is 46.6 Å². The van der Waals surface area contributed by atoms with E-state index in [1.807, 2.05) is 19.1 Å². The van der Waals surface area contributed by atoms with E-state index in [1.54, 1.807) is 18.2 Å². The molecule has 2 N–H and O–H groups in total. The van der Waals surface area contributed by atoms with Crippen molar-refractivity contribution in [1.29, 1.82) is 0 Å². The molecule has 0 aliphatic heterocycles. The first-order chi connectivity index (χ1) is 13.2. The van der Waals surface area contributed by atoms with Crippen LogP contribution in [0.25, 0.3) is 0 Å². The van der Waals surface area contributed by atoms with Gasteiger partial charge in [-0.2, -0.15) is 0 Å². The van der Waals surface area contributed by atoms with Crippen LogP contribution in [0.4, 0.5) is 4.39 Å². The molecule has 2 aromatic rings. The summed E-state index contributed by atoms with van der Waals surface area (Å²) >= 11 is 3.52. The van der Waals surface area contributed by atoms with E-state index in [-0.39, 0.29) is 19.0 Å². The third-order valence-corrected chi connectivity index (χ3v) is 4.28. The van der Waals surface area contributed by atoms with Crippen LogP contribution in [0.15, 0.2) is 40.9 Å². The highest BCUT2D eigenvalue weighted by Gasteiger charge is 2.13. The Morgan fingerprint density at radius 3 is 2.70 bits per heavy atom. The molecule has 0 spiro atoms. The summed E-state index contributed by atoms with van der Waals surface area (Å²) in [5.41, 5.74) is 1.51. The number of benzene rings is 2. The van der Waals surface area contributed by atoms with Crippen molar-refractivity contribution in [3.63, 3.8) is 0 Å². The van der Waals surface area contributed by atoms with Crippen LogP contribution in [0.5, 0.6) is 11.5 Å². The third-order valence-electron chi connectivity index (χ3n) is 3.69. The van der Waals surface area contributed by atoms with Crippen LogP contribution in [0.1, 0.15) is 18.1 Å². The van der Waals surface area contributed by atoms with Crippen molar-refractivity contribution >= 4 is 15.9 Å². The molecule has 0 bridgehead atoms. The van der Waals surface area contributed by atoms with Crippen molar-refractivity contribution in [1.82, 2.24) is 5.32 Å². The molecule has 7 heteroatoms. The molecule has 0 saturated heterocycles. The lowest BCUT2D eigenvalue weighted by molar-refractivity contribution is 0.0938. The number of hydrogen-bond donors (Lipinski definition) is 2. The van der Waals surface area contributed by atoms with Crippen LogP contribution in [0, 0.1) is 5.82 Å². The highest BCUT2D eigenvalue weighted by Crippen LogP contribution is 2.37. The van der Waals surface area contributed by atoms with Gasteiger partial charge in [-0.1, -0.05) is 18.2 Å². The Balaban J connectivity index is 2.01. The summed E-state index contributed by atoms with van der Waals surface area (Å²) in [7, 11) is 0. The average Bonchev–Trinajstić information content (AvgIpc) is 2.65.